The van der Waals surface area contributed by atoms with Gasteiger partial charge in [0.05, 0.1) is 4.92 Å². The van der Waals surface area contributed by atoms with Gasteiger partial charge < -0.3 is 4.90 Å². The maximum atomic E-state index is 13.8. The van der Waals surface area contributed by atoms with Gasteiger partial charge in [0.25, 0.3) is 5.69 Å². The van der Waals surface area contributed by atoms with Gasteiger partial charge in [-0.15, -0.1) is 0 Å². The number of nitrogens with zero attached hydrogens (tertiary/aromatic N) is 2. The average Bonchev–Trinajstić information content (AvgIpc) is 2.56. The molecule has 0 atom stereocenters. The van der Waals surface area contributed by atoms with Crippen LogP contribution >= 0.6 is 23.2 Å². The number of halogens is 3. The van der Waals surface area contributed by atoms with E-state index in [1.165, 1.54) is 48.4 Å². The number of benzene rings is 2. The minimum atomic E-state index is -0.603. The highest BCUT2D eigenvalue weighted by atomic mass is 35.5. The summed E-state index contributed by atoms with van der Waals surface area (Å²) in [6.45, 7) is -0.00452. The van der Waals surface area contributed by atoms with Crippen LogP contribution in [-0.4, -0.2) is 22.8 Å². The van der Waals surface area contributed by atoms with Crippen LogP contribution in [0, 0.1) is 15.9 Å². The molecule has 5 nitrogen and oxygen atoms in total. The van der Waals surface area contributed by atoms with Crippen LogP contribution in [0.15, 0.2) is 42.5 Å². The Hall–Kier alpha value is -2.44. The quantitative estimate of drug-likeness (QED) is 0.427. The number of nitro groups is 1. The fraction of sp³-hybridized carbons (Fsp3) is 0.118. The number of rotatable bonds is 5. The minimum absolute atomic E-state index is 0.00452. The topological polar surface area (TPSA) is 63.5 Å². The van der Waals surface area contributed by atoms with Crippen molar-refractivity contribution in [3.63, 3.8) is 0 Å². The maximum Gasteiger partial charge on any atom is 0.288 e. The van der Waals surface area contributed by atoms with E-state index in [1.807, 2.05) is 0 Å². The Morgan fingerprint density at radius 1 is 1.28 bits per heavy atom. The van der Waals surface area contributed by atoms with Crippen molar-refractivity contribution in [3.05, 3.63) is 79.6 Å². The minimum Gasteiger partial charge on any atom is -0.338 e. The molecule has 0 spiro atoms. The molecule has 0 saturated carbocycles. The molecule has 2 aromatic carbocycles. The van der Waals surface area contributed by atoms with Gasteiger partial charge in [0, 0.05) is 36.3 Å². The lowest BCUT2D eigenvalue weighted by Gasteiger charge is -2.16. The Morgan fingerprint density at radius 3 is 2.64 bits per heavy atom. The Balaban J connectivity index is 2.12. The summed E-state index contributed by atoms with van der Waals surface area (Å²) in [6, 6.07) is 8.48. The van der Waals surface area contributed by atoms with Gasteiger partial charge in [-0.2, -0.15) is 0 Å². The second-order valence-corrected chi connectivity index (χ2v) is 6.01. The second-order valence-electron chi connectivity index (χ2n) is 5.20. The van der Waals surface area contributed by atoms with Crippen molar-refractivity contribution in [2.24, 2.45) is 0 Å². The third kappa shape index (κ3) is 4.78. The highest BCUT2D eigenvalue weighted by molar-refractivity contribution is 6.32. The molecule has 2 rings (SSSR count). The van der Waals surface area contributed by atoms with Crippen LogP contribution in [0.4, 0.5) is 10.1 Å². The van der Waals surface area contributed by atoms with E-state index in [9.17, 15) is 19.3 Å². The Kier molecular flexibility index (Phi) is 6.12. The average molecular weight is 383 g/mol. The molecule has 8 heteroatoms. The van der Waals surface area contributed by atoms with Crippen molar-refractivity contribution in [2.75, 3.05) is 7.05 Å². The van der Waals surface area contributed by atoms with Gasteiger partial charge in [-0.25, -0.2) is 4.39 Å². The number of amides is 1. The van der Waals surface area contributed by atoms with Crippen LogP contribution in [0.2, 0.25) is 10.0 Å². The maximum absolute atomic E-state index is 13.8. The Bertz CT molecular complexity index is 836. The fourth-order valence-electron chi connectivity index (χ4n) is 2.07. The smallest absolute Gasteiger partial charge is 0.288 e. The molecule has 25 heavy (non-hydrogen) atoms. The molecule has 0 radical (unpaired) electrons. The highest BCUT2D eigenvalue weighted by Crippen LogP contribution is 2.25. The number of carbonyl (C=O) groups is 1. The molecule has 2 aromatic rings. The van der Waals surface area contributed by atoms with Crippen molar-refractivity contribution in [1.29, 1.82) is 0 Å². The fourth-order valence-corrected chi connectivity index (χ4v) is 2.48. The van der Waals surface area contributed by atoms with Crippen molar-refractivity contribution in [3.8, 4) is 0 Å². The van der Waals surface area contributed by atoms with Gasteiger partial charge in [-0.1, -0.05) is 35.3 Å². The zero-order valence-corrected chi connectivity index (χ0v) is 14.6. The van der Waals surface area contributed by atoms with Gasteiger partial charge >= 0.3 is 0 Å². The molecule has 0 aliphatic heterocycles. The van der Waals surface area contributed by atoms with E-state index in [0.717, 1.165) is 0 Å². The molecule has 0 fully saturated rings. The van der Waals surface area contributed by atoms with Crippen LogP contribution in [0.3, 0.4) is 0 Å². The SMILES string of the molecule is CN(Cc1c(F)cccc1Cl)C(=O)/C=C/c1ccc(Cl)c([N+](=O)[O-])c1. The predicted octanol–water partition coefficient (Wildman–Crippen LogP) is 4.71. The van der Waals surface area contributed by atoms with Crippen molar-refractivity contribution < 1.29 is 14.1 Å². The second kappa shape index (κ2) is 8.09. The van der Waals surface area contributed by atoms with E-state index in [1.54, 1.807) is 12.1 Å². The lowest BCUT2D eigenvalue weighted by Crippen LogP contribution is -2.24. The number of carbonyl (C=O) groups excluding carboxylic acids is 1. The molecule has 0 bridgehead atoms. The van der Waals surface area contributed by atoms with Crippen LogP contribution in [0.25, 0.3) is 6.08 Å². The summed E-state index contributed by atoms with van der Waals surface area (Å²) in [5.41, 5.74) is 0.417. The van der Waals surface area contributed by atoms with Crippen LogP contribution in [-0.2, 0) is 11.3 Å². The molecule has 0 heterocycles. The largest absolute Gasteiger partial charge is 0.338 e. The molecule has 0 saturated heterocycles. The molecule has 1 amide bonds. The van der Waals surface area contributed by atoms with E-state index in [4.69, 9.17) is 23.2 Å². The van der Waals surface area contributed by atoms with Gasteiger partial charge in [0.1, 0.15) is 10.8 Å². The van der Waals surface area contributed by atoms with E-state index < -0.39 is 16.6 Å². The summed E-state index contributed by atoms with van der Waals surface area (Å²) in [6.07, 6.45) is 2.66. The molecule has 130 valence electrons. The van der Waals surface area contributed by atoms with Crippen molar-refractivity contribution in [1.82, 2.24) is 4.90 Å². The first kappa shape index (κ1) is 18.9. The molecule has 0 N–H and O–H groups in total. The van der Waals surface area contributed by atoms with E-state index in [2.05, 4.69) is 0 Å². The first-order valence-corrected chi connectivity index (χ1v) is 7.85. The van der Waals surface area contributed by atoms with Crippen LogP contribution in [0.1, 0.15) is 11.1 Å². The molecular formula is C17H13Cl2FN2O3. The van der Waals surface area contributed by atoms with Crippen molar-refractivity contribution in [2.45, 2.75) is 6.54 Å². The molecule has 0 aromatic heterocycles. The van der Waals surface area contributed by atoms with E-state index >= 15 is 0 Å². The van der Waals surface area contributed by atoms with Crippen LogP contribution < -0.4 is 0 Å². The van der Waals surface area contributed by atoms with E-state index in [0.29, 0.717) is 5.56 Å². The van der Waals surface area contributed by atoms with Gasteiger partial charge in [0.15, 0.2) is 0 Å². The molecule has 0 aliphatic carbocycles. The first-order chi connectivity index (χ1) is 11.8. The molecule has 0 aliphatic rings. The highest BCUT2D eigenvalue weighted by Gasteiger charge is 2.14. The predicted molar refractivity (Wildman–Crippen MR) is 95.0 cm³/mol. The summed E-state index contributed by atoms with van der Waals surface area (Å²) in [7, 11) is 1.50. The van der Waals surface area contributed by atoms with Gasteiger partial charge in [0.2, 0.25) is 5.91 Å². The summed E-state index contributed by atoms with van der Waals surface area (Å²) >= 11 is 11.7. The zero-order valence-electron chi connectivity index (χ0n) is 13.1. The molecule has 0 unspecified atom stereocenters. The Labute approximate surface area is 153 Å². The number of likely N-dealkylation sites (N-methyl/N-ethyl adjacent to an activating group) is 1. The Morgan fingerprint density at radius 2 is 2.00 bits per heavy atom. The standard InChI is InChI=1S/C17H13Cl2FN2O3/c1-21(10-12-13(18)3-2-4-15(12)20)17(23)8-6-11-5-7-14(19)16(9-11)22(24)25/h2-9H,10H2,1H3/b8-6+. The number of hydrogen-bond acceptors (Lipinski definition) is 3. The third-order valence-corrected chi connectivity index (χ3v) is 4.09. The van der Waals surface area contributed by atoms with E-state index in [-0.39, 0.29) is 27.8 Å². The zero-order chi connectivity index (χ0) is 18.6. The number of hydrogen-bond donors (Lipinski definition) is 0. The van der Waals surface area contributed by atoms with Crippen LogP contribution in [0.5, 0.6) is 0 Å². The lowest BCUT2D eigenvalue weighted by atomic mass is 10.1. The molecular weight excluding hydrogens is 370 g/mol. The number of nitro benzene ring substituents is 1. The summed E-state index contributed by atoms with van der Waals surface area (Å²) in [5.74, 6) is -0.902. The first-order valence-electron chi connectivity index (χ1n) is 7.09. The summed E-state index contributed by atoms with van der Waals surface area (Å²) in [5, 5.41) is 11.1. The summed E-state index contributed by atoms with van der Waals surface area (Å²) in [4.78, 5) is 23.7. The van der Waals surface area contributed by atoms with Gasteiger partial charge in [-0.3, -0.25) is 14.9 Å². The van der Waals surface area contributed by atoms with Crippen molar-refractivity contribution >= 4 is 40.9 Å². The monoisotopic (exact) mass is 382 g/mol. The normalized spacial score (nSPS) is 10.9. The van der Waals surface area contributed by atoms with Gasteiger partial charge in [-0.05, 0) is 29.8 Å². The summed E-state index contributed by atoms with van der Waals surface area (Å²) < 4.78 is 13.8. The third-order valence-electron chi connectivity index (χ3n) is 3.42. The lowest BCUT2D eigenvalue weighted by molar-refractivity contribution is -0.384.